The smallest absolute Gasteiger partial charge is 0.0631 e. The van der Waals surface area contributed by atoms with Gasteiger partial charge in [-0.25, -0.2) is 0 Å². The Morgan fingerprint density at radius 1 is 1.43 bits per heavy atom. The minimum atomic E-state index is 0.0590. The molecule has 0 saturated carbocycles. The lowest BCUT2D eigenvalue weighted by Gasteiger charge is -2.24. The first kappa shape index (κ1) is 16.8. The normalized spacial score (nSPS) is 22.4. The van der Waals surface area contributed by atoms with Gasteiger partial charge in [0, 0.05) is 5.02 Å². The van der Waals surface area contributed by atoms with Gasteiger partial charge in [0.05, 0.1) is 11.7 Å². The van der Waals surface area contributed by atoms with Gasteiger partial charge >= 0.3 is 0 Å². The van der Waals surface area contributed by atoms with Crippen molar-refractivity contribution in [2.24, 2.45) is 5.92 Å². The summed E-state index contributed by atoms with van der Waals surface area (Å²) in [5, 5.41) is 4.32. The molecule has 1 N–H and O–H groups in total. The summed E-state index contributed by atoms with van der Waals surface area (Å²) < 4.78 is 6.17. The molecular weight excluding hydrogens is 282 g/mol. The first-order valence-electron chi connectivity index (χ1n) is 8.11. The summed E-state index contributed by atoms with van der Waals surface area (Å²) in [6.07, 6.45) is 4.95. The highest BCUT2D eigenvalue weighted by atomic mass is 35.5. The van der Waals surface area contributed by atoms with Crippen LogP contribution in [0.3, 0.4) is 0 Å². The van der Waals surface area contributed by atoms with Crippen LogP contribution in [0.2, 0.25) is 5.02 Å². The van der Waals surface area contributed by atoms with Gasteiger partial charge in [-0.05, 0) is 76.2 Å². The van der Waals surface area contributed by atoms with E-state index in [0.29, 0.717) is 12.0 Å². The fourth-order valence-electron chi connectivity index (χ4n) is 3.20. The molecule has 1 saturated heterocycles. The molecule has 21 heavy (non-hydrogen) atoms. The van der Waals surface area contributed by atoms with Gasteiger partial charge in [-0.2, -0.15) is 0 Å². The molecule has 1 aliphatic heterocycles. The molecule has 2 unspecified atom stereocenters. The molecule has 0 aromatic heterocycles. The maximum atomic E-state index is 6.17. The van der Waals surface area contributed by atoms with Crippen molar-refractivity contribution in [3.63, 3.8) is 0 Å². The van der Waals surface area contributed by atoms with Gasteiger partial charge in [0.1, 0.15) is 0 Å². The van der Waals surface area contributed by atoms with Gasteiger partial charge in [0.2, 0.25) is 0 Å². The fraction of sp³-hybridized carbons (Fsp3) is 0.667. The Labute approximate surface area is 134 Å². The molecule has 0 aliphatic carbocycles. The van der Waals surface area contributed by atoms with Crippen molar-refractivity contribution in [3.8, 4) is 0 Å². The summed E-state index contributed by atoms with van der Waals surface area (Å²) in [6, 6.07) is 8.23. The first-order chi connectivity index (χ1) is 9.98. The Morgan fingerprint density at radius 3 is 2.86 bits per heavy atom. The van der Waals surface area contributed by atoms with Gasteiger partial charge in [0.25, 0.3) is 0 Å². The first-order valence-corrected chi connectivity index (χ1v) is 8.49. The van der Waals surface area contributed by atoms with Crippen molar-refractivity contribution in [3.05, 3.63) is 34.9 Å². The molecule has 0 amide bonds. The number of hydrogen-bond donors (Lipinski definition) is 1. The van der Waals surface area contributed by atoms with Crippen LogP contribution in [0.4, 0.5) is 0 Å². The van der Waals surface area contributed by atoms with Crippen LogP contribution in [0.15, 0.2) is 24.3 Å². The van der Waals surface area contributed by atoms with Crippen LogP contribution in [0, 0.1) is 5.92 Å². The van der Waals surface area contributed by atoms with E-state index in [1.54, 1.807) is 0 Å². The van der Waals surface area contributed by atoms with Gasteiger partial charge in [-0.3, -0.25) is 0 Å². The Bertz CT molecular complexity index is 447. The summed E-state index contributed by atoms with van der Waals surface area (Å²) in [6.45, 7) is 8.62. The predicted molar refractivity (Wildman–Crippen MR) is 90.0 cm³/mol. The lowest BCUT2D eigenvalue weighted by molar-refractivity contribution is -0.0244. The molecule has 2 atom stereocenters. The third kappa shape index (κ3) is 5.61. The van der Waals surface area contributed by atoms with Gasteiger partial charge in [0.15, 0.2) is 0 Å². The summed E-state index contributed by atoms with van der Waals surface area (Å²) in [7, 11) is 0. The molecule has 0 radical (unpaired) electrons. The van der Waals surface area contributed by atoms with E-state index in [0.717, 1.165) is 31.0 Å². The largest absolute Gasteiger partial charge is 0.372 e. The molecule has 118 valence electrons. The van der Waals surface area contributed by atoms with Crippen molar-refractivity contribution in [2.75, 3.05) is 13.1 Å². The highest BCUT2D eigenvalue weighted by molar-refractivity contribution is 6.30. The van der Waals surface area contributed by atoms with E-state index in [1.807, 2.05) is 12.1 Å². The van der Waals surface area contributed by atoms with E-state index in [1.165, 1.54) is 18.4 Å². The van der Waals surface area contributed by atoms with Crippen LogP contribution >= 0.6 is 11.6 Å². The van der Waals surface area contributed by atoms with Crippen LogP contribution in [-0.4, -0.2) is 24.8 Å². The molecule has 1 fully saturated rings. The SMILES string of the molecule is CCNCC(Cc1cccc(Cl)c1)CC1CCC(C)(C)O1. The number of rotatable bonds is 7. The number of halogens is 1. The molecule has 0 spiro atoms. The minimum absolute atomic E-state index is 0.0590. The van der Waals surface area contributed by atoms with Gasteiger partial charge < -0.3 is 10.1 Å². The van der Waals surface area contributed by atoms with Crippen LogP contribution in [0.5, 0.6) is 0 Å². The van der Waals surface area contributed by atoms with E-state index in [9.17, 15) is 0 Å². The molecule has 1 aliphatic rings. The average Bonchev–Trinajstić information content (AvgIpc) is 2.75. The van der Waals surface area contributed by atoms with Crippen molar-refractivity contribution < 1.29 is 4.74 Å². The van der Waals surface area contributed by atoms with Gasteiger partial charge in [-0.1, -0.05) is 30.7 Å². The summed E-state index contributed by atoms with van der Waals surface area (Å²) >= 11 is 6.10. The molecule has 1 heterocycles. The highest BCUT2D eigenvalue weighted by Crippen LogP contribution is 2.33. The zero-order valence-corrected chi connectivity index (χ0v) is 14.2. The monoisotopic (exact) mass is 309 g/mol. The third-order valence-electron chi connectivity index (χ3n) is 4.25. The standard InChI is InChI=1S/C18H28ClNO/c1-4-20-13-15(10-14-6-5-7-16(19)11-14)12-17-8-9-18(2,3)21-17/h5-7,11,15,17,20H,4,8-10,12-13H2,1-3H3. The fourth-order valence-corrected chi connectivity index (χ4v) is 3.41. The second-order valence-corrected chi connectivity index (χ2v) is 7.22. The molecule has 1 aromatic carbocycles. The Kier molecular flexibility index (Phi) is 6.09. The third-order valence-corrected chi connectivity index (χ3v) is 4.48. The van der Waals surface area contributed by atoms with E-state index in [-0.39, 0.29) is 5.60 Å². The Morgan fingerprint density at radius 2 is 2.24 bits per heavy atom. The topological polar surface area (TPSA) is 21.3 Å². The Hall–Kier alpha value is -0.570. The van der Waals surface area contributed by atoms with E-state index in [4.69, 9.17) is 16.3 Å². The quantitative estimate of drug-likeness (QED) is 0.803. The molecule has 3 heteroatoms. The maximum Gasteiger partial charge on any atom is 0.0631 e. The summed E-state index contributed by atoms with van der Waals surface area (Å²) in [5.41, 5.74) is 1.38. The van der Waals surface area contributed by atoms with Crippen LogP contribution < -0.4 is 5.32 Å². The maximum absolute atomic E-state index is 6.17. The number of ether oxygens (including phenoxy) is 1. The summed E-state index contributed by atoms with van der Waals surface area (Å²) in [5.74, 6) is 0.599. The predicted octanol–water partition coefficient (Wildman–Crippen LogP) is 4.46. The van der Waals surface area contributed by atoms with Crippen molar-refractivity contribution in [1.29, 1.82) is 0 Å². The summed E-state index contributed by atoms with van der Waals surface area (Å²) in [4.78, 5) is 0. The van der Waals surface area contributed by atoms with Crippen molar-refractivity contribution in [1.82, 2.24) is 5.32 Å². The van der Waals surface area contributed by atoms with Crippen molar-refractivity contribution >= 4 is 11.6 Å². The van der Waals surface area contributed by atoms with Crippen LogP contribution in [0.1, 0.15) is 45.6 Å². The lowest BCUT2D eigenvalue weighted by Crippen LogP contribution is -2.28. The second-order valence-electron chi connectivity index (χ2n) is 6.78. The van der Waals surface area contributed by atoms with E-state index >= 15 is 0 Å². The molecule has 2 nitrogen and oxygen atoms in total. The molecule has 1 aromatic rings. The molecular formula is C18H28ClNO. The van der Waals surface area contributed by atoms with E-state index < -0.39 is 0 Å². The van der Waals surface area contributed by atoms with Crippen molar-refractivity contribution in [2.45, 2.75) is 58.2 Å². The second kappa shape index (κ2) is 7.62. The highest BCUT2D eigenvalue weighted by Gasteiger charge is 2.32. The van der Waals surface area contributed by atoms with E-state index in [2.05, 4.69) is 38.2 Å². The minimum Gasteiger partial charge on any atom is -0.372 e. The number of hydrogen-bond acceptors (Lipinski definition) is 2. The van der Waals surface area contributed by atoms with Gasteiger partial charge in [-0.15, -0.1) is 0 Å². The Balaban J connectivity index is 1.94. The zero-order chi connectivity index (χ0) is 15.3. The van der Waals surface area contributed by atoms with Crippen LogP contribution in [0.25, 0.3) is 0 Å². The zero-order valence-electron chi connectivity index (χ0n) is 13.5. The number of benzene rings is 1. The molecule has 2 rings (SSSR count). The number of nitrogens with one attached hydrogen (secondary N) is 1. The molecule has 0 bridgehead atoms. The average molecular weight is 310 g/mol. The lowest BCUT2D eigenvalue weighted by atomic mass is 9.92. The van der Waals surface area contributed by atoms with Crippen LogP contribution in [-0.2, 0) is 11.2 Å².